The lowest BCUT2D eigenvalue weighted by Crippen LogP contribution is -2.42. The van der Waals surface area contributed by atoms with Gasteiger partial charge in [0.1, 0.15) is 0 Å². The average Bonchev–Trinajstić information content (AvgIpc) is 2.54. The molecule has 1 atom stereocenters. The maximum atomic E-state index is 12.8. The van der Waals surface area contributed by atoms with Gasteiger partial charge in [0, 0.05) is 18.1 Å². The van der Waals surface area contributed by atoms with Gasteiger partial charge < -0.3 is 9.84 Å². The van der Waals surface area contributed by atoms with Gasteiger partial charge in [-0.2, -0.15) is 4.31 Å². The summed E-state index contributed by atoms with van der Waals surface area (Å²) < 4.78 is 31.5. The molecule has 0 spiro atoms. The minimum atomic E-state index is -3.94. The van der Waals surface area contributed by atoms with E-state index in [1.54, 1.807) is 6.92 Å². The van der Waals surface area contributed by atoms with Gasteiger partial charge in [-0.3, -0.25) is 4.79 Å². The van der Waals surface area contributed by atoms with E-state index in [9.17, 15) is 18.0 Å². The normalized spacial score (nSPS) is 19.0. The molecule has 1 aliphatic rings. The van der Waals surface area contributed by atoms with Crippen molar-refractivity contribution in [2.75, 3.05) is 19.7 Å². The molecular weight excluding hydrogens is 358 g/mol. The van der Waals surface area contributed by atoms with Gasteiger partial charge in [0.25, 0.3) is 0 Å². The van der Waals surface area contributed by atoms with E-state index in [2.05, 4.69) is 0 Å². The van der Waals surface area contributed by atoms with Crippen LogP contribution in [-0.2, 0) is 19.6 Å². The molecule has 7 nitrogen and oxygen atoms in total. The van der Waals surface area contributed by atoms with Crippen LogP contribution in [0.25, 0.3) is 0 Å². The van der Waals surface area contributed by atoms with Gasteiger partial charge in [-0.1, -0.05) is 11.6 Å². The van der Waals surface area contributed by atoms with Crippen molar-refractivity contribution in [3.8, 4) is 0 Å². The molecule has 2 rings (SSSR count). The van der Waals surface area contributed by atoms with Crippen LogP contribution in [0.4, 0.5) is 0 Å². The summed E-state index contributed by atoms with van der Waals surface area (Å²) in [6, 6.07) is 3.77. The van der Waals surface area contributed by atoms with Crippen molar-refractivity contribution in [1.29, 1.82) is 0 Å². The molecule has 1 saturated heterocycles. The number of nitrogens with zero attached hydrogens (tertiary/aromatic N) is 1. The number of carbonyl (C=O) groups excluding carboxylic acids is 1. The van der Waals surface area contributed by atoms with Crippen molar-refractivity contribution in [3.05, 3.63) is 28.8 Å². The second-order valence-electron chi connectivity index (χ2n) is 5.44. The summed E-state index contributed by atoms with van der Waals surface area (Å²) in [7, 11) is -3.94. The van der Waals surface area contributed by atoms with Crippen LogP contribution in [-0.4, -0.2) is 49.5 Å². The molecule has 24 heavy (non-hydrogen) atoms. The predicted octanol–water partition coefficient (Wildman–Crippen LogP) is 2.00. The van der Waals surface area contributed by atoms with E-state index < -0.39 is 27.9 Å². The number of esters is 1. The fourth-order valence-electron chi connectivity index (χ4n) is 2.56. The highest BCUT2D eigenvalue weighted by atomic mass is 35.5. The number of benzene rings is 1. The molecule has 1 heterocycles. The maximum Gasteiger partial charge on any atom is 0.338 e. The van der Waals surface area contributed by atoms with Crippen LogP contribution < -0.4 is 0 Å². The van der Waals surface area contributed by atoms with Crippen molar-refractivity contribution in [2.24, 2.45) is 5.92 Å². The summed E-state index contributed by atoms with van der Waals surface area (Å²) >= 11 is 5.93. The van der Waals surface area contributed by atoms with Crippen LogP contribution in [0.15, 0.2) is 23.1 Å². The van der Waals surface area contributed by atoms with Gasteiger partial charge in [-0.25, -0.2) is 13.2 Å². The Kier molecular flexibility index (Phi) is 5.84. The van der Waals surface area contributed by atoms with E-state index in [0.717, 1.165) is 4.31 Å². The van der Waals surface area contributed by atoms with E-state index >= 15 is 0 Å². The van der Waals surface area contributed by atoms with E-state index in [0.29, 0.717) is 12.8 Å². The fourth-order valence-corrected chi connectivity index (χ4v) is 4.45. The molecule has 0 radical (unpaired) electrons. The Morgan fingerprint density at radius 3 is 2.71 bits per heavy atom. The molecular formula is C15H18ClNO6S. The second-order valence-corrected chi connectivity index (χ2v) is 7.81. The van der Waals surface area contributed by atoms with Crippen LogP contribution in [0, 0.1) is 5.92 Å². The van der Waals surface area contributed by atoms with E-state index in [4.69, 9.17) is 21.4 Å². The summed E-state index contributed by atoms with van der Waals surface area (Å²) in [5, 5.41) is 9.20. The Bertz CT molecular complexity index is 748. The second kappa shape index (κ2) is 7.50. The van der Waals surface area contributed by atoms with Crippen molar-refractivity contribution < 1.29 is 27.9 Å². The molecule has 9 heteroatoms. The van der Waals surface area contributed by atoms with E-state index in [1.807, 2.05) is 0 Å². The van der Waals surface area contributed by atoms with E-state index in [-0.39, 0.29) is 35.2 Å². The highest BCUT2D eigenvalue weighted by Crippen LogP contribution is 2.27. The number of sulfonamides is 1. The van der Waals surface area contributed by atoms with Crippen LogP contribution in [0.5, 0.6) is 0 Å². The molecule has 0 amide bonds. The van der Waals surface area contributed by atoms with Gasteiger partial charge in [0.15, 0.2) is 0 Å². The smallest absolute Gasteiger partial charge is 0.338 e. The Labute approximate surface area is 145 Å². The van der Waals surface area contributed by atoms with E-state index in [1.165, 1.54) is 18.2 Å². The zero-order chi connectivity index (χ0) is 17.9. The third-order valence-corrected chi connectivity index (χ3v) is 5.81. The molecule has 1 aromatic carbocycles. The van der Waals surface area contributed by atoms with Crippen LogP contribution in [0.2, 0.25) is 5.02 Å². The molecule has 132 valence electrons. The first-order valence-electron chi connectivity index (χ1n) is 7.46. The van der Waals surface area contributed by atoms with Gasteiger partial charge in [0.05, 0.1) is 23.0 Å². The predicted molar refractivity (Wildman–Crippen MR) is 86.5 cm³/mol. The number of carboxylic acid groups (broad SMARTS) is 1. The third-order valence-electron chi connectivity index (χ3n) is 3.75. The number of aliphatic carboxylic acids is 1. The van der Waals surface area contributed by atoms with Crippen molar-refractivity contribution in [3.63, 3.8) is 0 Å². The Balaban J connectivity index is 2.35. The summed E-state index contributed by atoms with van der Waals surface area (Å²) in [6.07, 6.45) is 0.895. The standard InChI is InChI=1S/C15H18ClNO6S/c1-2-23-15(20)11-6-12(16)8-13(7-11)24(21,22)17-5-3-4-10(9-17)14(18)19/h6-8,10H,2-5,9H2,1H3,(H,18,19). The first-order valence-corrected chi connectivity index (χ1v) is 9.28. The minimum Gasteiger partial charge on any atom is -0.481 e. The van der Waals surface area contributed by atoms with Crippen molar-refractivity contribution in [1.82, 2.24) is 4.31 Å². The lowest BCUT2D eigenvalue weighted by molar-refractivity contribution is -0.142. The fraction of sp³-hybridized carbons (Fsp3) is 0.467. The quantitative estimate of drug-likeness (QED) is 0.790. The average molecular weight is 376 g/mol. The molecule has 0 aromatic heterocycles. The van der Waals surface area contributed by atoms with Gasteiger partial charge in [-0.15, -0.1) is 0 Å². The number of rotatable bonds is 5. The number of carboxylic acids is 1. The van der Waals surface area contributed by atoms with Gasteiger partial charge in [-0.05, 0) is 38.0 Å². The SMILES string of the molecule is CCOC(=O)c1cc(Cl)cc(S(=O)(=O)N2CCCC(C(=O)O)C2)c1. The molecule has 1 fully saturated rings. The molecule has 1 aliphatic heterocycles. The van der Waals surface area contributed by atoms with Crippen LogP contribution in [0.1, 0.15) is 30.1 Å². The van der Waals surface area contributed by atoms with Crippen molar-refractivity contribution >= 4 is 33.6 Å². The first-order chi connectivity index (χ1) is 11.3. The molecule has 0 aliphatic carbocycles. The third kappa shape index (κ3) is 4.06. The Morgan fingerprint density at radius 1 is 1.38 bits per heavy atom. The topological polar surface area (TPSA) is 101 Å². The molecule has 0 bridgehead atoms. The molecule has 1 aromatic rings. The number of carbonyl (C=O) groups is 2. The minimum absolute atomic E-state index is 0.0368. The maximum absolute atomic E-state index is 12.8. The largest absolute Gasteiger partial charge is 0.481 e. The number of hydrogen-bond acceptors (Lipinski definition) is 5. The van der Waals surface area contributed by atoms with Gasteiger partial charge >= 0.3 is 11.9 Å². The Hall–Kier alpha value is -1.64. The summed E-state index contributed by atoms with van der Waals surface area (Å²) in [5.74, 6) is -2.43. The monoisotopic (exact) mass is 375 g/mol. The number of ether oxygens (including phenoxy) is 1. The molecule has 1 unspecified atom stereocenters. The highest BCUT2D eigenvalue weighted by molar-refractivity contribution is 7.89. The van der Waals surface area contributed by atoms with Gasteiger partial charge in [0.2, 0.25) is 10.0 Å². The first kappa shape index (κ1) is 18.7. The Morgan fingerprint density at radius 2 is 2.08 bits per heavy atom. The van der Waals surface area contributed by atoms with Crippen LogP contribution in [0.3, 0.4) is 0 Å². The summed E-state index contributed by atoms with van der Waals surface area (Å²) in [4.78, 5) is 22.8. The highest BCUT2D eigenvalue weighted by Gasteiger charge is 2.33. The summed E-state index contributed by atoms with van der Waals surface area (Å²) in [6.45, 7) is 1.92. The lowest BCUT2D eigenvalue weighted by Gasteiger charge is -2.29. The zero-order valence-electron chi connectivity index (χ0n) is 13.1. The molecule has 0 saturated carbocycles. The summed E-state index contributed by atoms with van der Waals surface area (Å²) in [5.41, 5.74) is 0.0368. The lowest BCUT2D eigenvalue weighted by atomic mass is 10.0. The van der Waals surface area contributed by atoms with Crippen molar-refractivity contribution in [2.45, 2.75) is 24.7 Å². The number of piperidine rings is 1. The molecule has 1 N–H and O–H groups in total. The number of halogens is 1. The van der Waals surface area contributed by atoms with Crippen LogP contribution >= 0.6 is 11.6 Å². The zero-order valence-corrected chi connectivity index (χ0v) is 14.6. The number of hydrogen-bond donors (Lipinski definition) is 1.